The predicted molar refractivity (Wildman–Crippen MR) is 82.5 cm³/mol. The van der Waals surface area contributed by atoms with Gasteiger partial charge in [0.05, 0.1) is 5.69 Å². The van der Waals surface area contributed by atoms with Gasteiger partial charge in [-0.05, 0) is 11.1 Å². The molecule has 2 nitrogen and oxygen atoms in total. The maximum Gasteiger partial charge on any atom is 0.182 e. The Balaban J connectivity index is 2.12. The Kier molecular flexibility index (Phi) is 3.29. The van der Waals surface area contributed by atoms with Crippen molar-refractivity contribution in [2.24, 2.45) is 0 Å². The first kappa shape index (κ1) is 11.9. The normalized spacial score (nSPS) is 10.4. The molecule has 0 radical (unpaired) electrons. The van der Waals surface area contributed by atoms with E-state index in [0.717, 1.165) is 10.8 Å². The molecule has 3 rings (SSSR count). The maximum absolute atomic E-state index is 4.59. The SMILES string of the molecule is CNc1nc(-c2ccccc2-c2ccccc2)cs1. The third-order valence-corrected chi connectivity index (χ3v) is 3.87. The van der Waals surface area contributed by atoms with Crippen LogP contribution in [0.5, 0.6) is 0 Å². The smallest absolute Gasteiger partial charge is 0.182 e. The van der Waals surface area contributed by atoms with E-state index in [1.54, 1.807) is 11.3 Å². The third-order valence-electron chi connectivity index (χ3n) is 3.01. The van der Waals surface area contributed by atoms with Crippen molar-refractivity contribution in [3.8, 4) is 22.4 Å². The van der Waals surface area contributed by atoms with Crippen LogP contribution in [0.25, 0.3) is 22.4 Å². The Labute approximate surface area is 116 Å². The van der Waals surface area contributed by atoms with Crippen molar-refractivity contribution in [2.45, 2.75) is 0 Å². The van der Waals surface area contributed by atoms with E-state index < -0.39 is 0 Å². The summed E-state index contributed by atoms with van der Waals surface area (Å²) in [5.74, 6) is 0. The summed E-state index contributed by atoms with van der Waals surface area (Å²) in [6.45, 7) is 0. The van der Waals surface area contributed by atoms with Crippen molar-refractivity contribution in [2.75, 3.05) is 12.4 Å². The summed E-state index contributed by atoms with van der Waals surface area (Å²) in [6, 6.07) is 18.8. The molecule has 0 aliphatic carbocycles. The minimum atomic E-state index is 0.942. The van der Waals surface area contributed by atoms with Gasteiger partial charge in [0.15, 0.2) is 5.13 Å². The zero-order chi connectivity index (χ0) is 13.1. The number of nitrogens with one attached hydrogen (secondary N) is 1. The van der Waals surface area contributed by atoms with Gasteiger partial charge in [-0.2, -0.15) is 0 Å². The van der Waals surface area contributed by atoms with E-state index in [4.69, 9.17) is 0 Å². The molecule has 19 heavy (non-hydrogen) atoms. The summed E-state index contributed by atoms with van der Waals surface area (Å²) in [4.78, 5) is 4.59. The van der Waals surface area contributed by atoms with Crippen LogP contribution < -0.4 is 5.32 Å². The van der Waals surface area contributed by atoms with Crippen LogP contribution in [0, 0.1) is 0 Å². The number of anilines is 1. The lowest BCUT2D eigenvalue weighted by molar-refractivity contribution is 1.36. The molecule has 0 aliphatic heterocycles. The Morgan fingerprint density at radius 2 is 1.58 bits per heavy atom. The van der Waals surface area contributed by atoms with Gasteiger partial charge in [-0.25, -0.2) is 4.98 Å². The fourth-order valence-corrected chi connectivity index (χ4v) is 2.76. The summed E-state index contributed by atoms with van der Waals surface area (Å²) in [6.07, 6.45) is 0. The van der Waals surface area contributed by atoms with Crippen LogP contribution in [0.2, 0.25) is 0 Å². The molecule has 0 amide bonds. The maximum atomic E-state index is 4.59. The summed E-state index contributed by atoms with van der Waals surface area (Å²) < 4.78 is 0. The second-order valence-electron chi connectivity index (χ2n) is 4.20. The topological polar surface area (TPSA) is 24.9 Å². The number of thiazole rings is 1. The number of aromatic nitrogens is 1. The fourth-order valence-electron chi connectivity index (χ4n) is 2.09. The lowest BCUT2D eigenvalue weighted by Gasteiger charge is -2.07. The van der Waals surface area contributed by atoms with Gasteiger partial charge in [0.2, 0.25) is 0 Å². The molecule has 0 spiro atoms. The van der Waals surface area contributed by atoms with Gasteiger partial charge in [0.1, 0.15) is 0 Å². The first-order valence-corrected chi connectivity index (χ1v) is 7.04. The van der Waals surface area contributed by atoms with E-state index in [0.29, 0.717) is 0 Å². The summed E-state index contributed by atoms with van der Waals surface area (Å²) in [7, 11) is 1.89. The van der Waals surface area contributed by atoms with E-state index in [1.807, 2.05) is 13.1 Å². The van der Waals surface area contributed by atoms with E-state index in [-0.39, 0.29) is 0 Å². The molecular formula is C16H14N2S. The molecule has 1 aromatic heterocycles. The molecule has 1 heterocycles. The van der Waals surface area contributed by atoms with Crippen LogP contribution in [-0.4, -0.2) is 12.0 Å². The van der Waals surface area contributed by atoms with Gasteiger partial charge in [0.25, 0.3) is 0 Å². The average molecular weight is 266 g/mol. The number of benzene rings is 2. The number of nitrogens with zero attached hydrogens (tertiary/aromatic N) is 1. The lowest BCUT2D eigenvalue weighted by Crippen LogP contribution is -1.88. The number of hydrogen-bond donors (Lipinski definition) is 1. The third kappa shape index (κ3) is 2.37. The van der Waals surface area contributed by atoms with Crippen molar-refractivity contribution in [1.29, 1.82) is 0 Å². The van der Waals surface area contributed by atoms with Gasteiger partial charge in [0, 0.05) is 18.0 Å². The molecule has 3 heteroatoms. The molecule has 0 bridgehead atoms. The molecule has 0 fully saturated rings. The monoisotopic (exact) mass is 266 g/mol. The molecule has 0 aliphatic rings. The molecule has 0 saturated heterocycles. The highest BCUT2D eigenvalue weighted by atomic mass is 32.1. The zero-order valence-corrected chi connectivity index (χ0v) is 11.4. The summed E-state index contributed by atoms with van der Waals surface area (Å²) in [5, 5.41) is 6.12. The molecule has 3 aromatic rings. The van der Waals surface area contributed by atoms with Gasteiger partial charge in [-0.3, -0.25) is 0 Å². The van der Waals surface area contributed by atoms with Crippen molar-refractivity contribution in [3.05, 3.63) is 60.0 Å². The molecular weight excluding hydrogens is 252 g/mol. The Hall–Kier alpha value is -2.13. The first-order valence-electron chi connectivity index (χ1n) is 6.16. The van der Waals surface area contributed by atoms with Crippen LogP contribution in [0.1, 0.15) is 0 Å². The molecule has 0 unspecified atom stereocenters. The van der Waals surface area contributed by atoms with Crippen LogP contribution in [-0.2, 0) is 0 Å². The fraction of sp³-hybridized carbons (Fsp3) is 0.0625. The molecule has 0 saturated carbocycles. The predicted octanol–water partition coefficient (Wildman–Crippen LogP) is 4.52. The van der Waals surface area contributed by atoms with Crippen LogP contribution in [0.3, 0.4) is 0 Å². The summed E-state index contributed by atoms with van der Waals surface area (Å²) in [5.41, 5.74) is 4.63. The number of hydrogen-bond acceptors (Lipinski definition) is 3. The van der Waals surface area contributed by atoms with Gasteiger partial charge >= 0.3 is 0 Å². The second-order valence-corrected chi connectivity index (χ2v) is 5.06. The molecule has 94 valence electrons. The average Bonchev–Trinajstić information content (AvgIpc) is 2.97. The van der Waals surface area contributed by atoms with Crippen LogP contribution >= 0.6 is 11.3 Å². The Bertz CT molecular complexity index is 674. The first-order chi connectivity index (χ1) is 9.38. The van der Waals surface area contributed by atoms with Gasteiger partial charge in [-0.1, -0.05) is 54.6 Å². The standard InChI is InChI=1S/C16H14N2S/c1-17-16-18-15(11-19-16)14-10-6-5-9-13(14)12-7-3-2-4-8-12/h2-11H,1H3,(H,17,18). The molecule has 1 N–H and O–H groups in total. The summed E-state index contributed by atoms with van der Waals surface area (Å²) >= 11 is 1.63. The number of rotatable bonds is 3. The van der Waals surface area contributed by atoms with E-state index in [9.17, 15) is 0 Å². The zero-order valence-electron chi connectivity index (χ0n) is 10.6. The quantitative estimate of drug-likeness (QED) is 0.754. The van der Waals surface area contributed by atoms with E-state index >= 15 is 0 Å². The van der Waals surface area contributed by atoms with Crippen LogP contribution in [0.4, 0.5) is 5.13 Å². The highest BCUT2D eigenvalue weighted by Gasteiger charge is 2.09. The van der Waals surface area contributed by atoms with Gasteiger partial charge in [-0.15, -0.1) is 11.3 Å². The Morgan fingerprint density at radius 1 is 0.895 bits per heavy atom. The van der Waals surface area contributed by atoms with Gasteiger partial charge < -0.3 is 5.32 Å². The Morgan fingerprint density at radius 3 is 2.26 bits per heavy atom. The van der Waals surface area contributed by atoms with Crippen LogP contribution in [0.15, 0.2) is 60.0 Å². The van der Waals surface area contributed by atoms with Crippen molar-refractivity contribution < 1.29 is 0 Å². The van der Waals surface area contributed by atoms with Crippen molar-refractivity contribution in [3.63, 3.8) is 0 Å². The molecule has 0 atom stereocenters. The van der Waals surface area contributed by atoms with E-state index in [2.05, 4.69) is 64.2 Å². The van der Waals surface area contributed by atoms with Crippen molar-refractivity contribution in [1.82, 2.24) is 4.98 Å². The van der Waals surface area contributed by atoms with E-state index in [1.165, 1.54) is 16.7 Å². The lowest BCUT2D eigenvalue weighted by atomic mass is 9.98. The minimum absolute atomic E-state index is 0.942. The second kappa shape index (κ2) is 5.24. The molecule has 2 aromatic carbocycles. The van der Waals surface area contributed by atoms with Crippen molar-refractivity contribution >= 4 is 16.5 Å². The minimum Gasteiger partial charge on any atom is -0.365 e. The highest BCUT2D eigenvalue weighted by Crippen LogP contribution is 2.33. The highest BCUT2D eigenvalue weighted by molar-refractivity contribution is 7.14. The largest absolute Gasteiger partial charge is 0.365 e.